The molecule has 0 atom stereocenters. The minimum Gasteiger partial charge on any atom is -0.376 e. The third-order valence-electron chi connectivity index (χ3n) is 2.41. The molecule has 0 aliphatic heterocycles. The van der Waals surface area contributed by atoms with Crippen LogP contribution in [0.25, 0.3) is 0 Å². The second-order valence-electron chi connectivity index (χ2n) is 3.85. The molecule has 18 heavy (non-hydrogen) atoms. The van der Waals surface area contributed by atoms with Gasteiger partial charge in [-0.1, -0.05) is 6.07 Å². The van der Waals surface area contributed by atoms with Crippen LogP contribution in [0.3, 0.4) is 0 Å². The second kappa shape index (κ2) is 10.2. The lowest BCUT2D eigenvalue weighted by Crippen LogP contribution is -2.27. The summed E-state index contributed by atoms with van der Waals surface area (Å²) < 4.78 is 16.5. The summed E-state index contributed by atoms with van der Waals surface area (Å²) >= 11 is 0. The van der Waals surface area contributed by atoms with E-state index in [0.29, 0.717) is 19.8 Å². The fourth-order valence-corrected chi connectivity index (χ4v) is 2.74. The Hall–Kier alpha value is -0.753. The predicted molar refractivity (Wildman–Crippen MR) is 73.5 cm³/mol. The topological polar surface area (TPSA) is 40.6 Å². The van der Waals surface area contributed by atoms with Gasteiger partial charge in [0.05, 0.1) is 0 Å². The number of rotatable bonds is 10. The van der Waals surface area contributed by atoms with Gasteiger partial charge in [-0.15, -0.1) is 0 Å². The van der Waals surface area contributed by atoms with E-state index in [1.165, 1.54) is 0 Å². The van der Waals surface area contributed by atoms with Crippen LogP contribution in [-0.2, 0) is 19.7 Å². The normalized spacial score (nSPS) is 11.1. The molecule has 0 fully saturated rings. The molecule has 0 spiro atoms. The zero-order valence-corrected chi connectivity index (χ0v) is 12.5. The third-order valence-corrected chi connectivity index (χ3v) is 4.13. The van der Waals surface area contributed by atoms with Crippen LogP contribution in [0.15, 0.2) is 24.4 Å². The number of hydrogen-bond acceptors (Lipinski definition) is 4. The second-order valence-corrected chi connectivity index (χ2v) is 5.43. The first-order valence-electron chi connectivity index (χ1n) is 6.61. The third kappa shape index (κ3) is 6.86. The number of hydrogen-bond donors (Lipinski definition) is 0. The summed E-state index contributed by atoms with van der Waals surface area (Å²) in [5, 5.41) is 0. The van der Waals surface area contributed by atoms with Crippen molar-refractivity contribution in [3.63, 3.8) is 0 Å². The van der Waals surface area contributed by atoms with Crippen molar-refractivity contribution in [2.24, 2.45) is 0 Å². The molecule has 0 amide bonds. The van der Waals surface area contributed by atoms with Gasteiger partial charge in [0, 0.05) is 31.7 Å². The predicted octanol–water partition coefficient (Wildman–Crippen LogP) is 2.21. The van der Waals surface area contributed by atoms with Gasteiger partial charge in [-0.2, -0.15) is 0 Å². The lowest BCUT2D eigenvalue weighted by molar-refractivity contribution is 0.101. The maximum absolute atomic E-state index is 5.63. The maximum Gasteiger partial charge on any atom is 0.484 e. The first-order chi connectivity index (χ1) is 8.86. The van der Waals surface area contributed by atoms with E-state index in [0.717, 1.165) is 25.0 Å². The Balaban J connectivity index is 2.06. The SMILES string of the molecule is CCO[SiH](OCC)OCCCCc1ccccn1. The van der Waals surface area contributed by atoms with Crippen LogP contribution in [0.2, 0.25) is 0 Å². The highest BCUT2D eigenvalue weighted by Crippen LogP contribution is 2.02. The molecule has 0 aromatic carbocycles. The standard InChI is InChI=1S/C13H23NO3Si/c1-3-15-18(16-4-2)17-12-8-6-10-13-9-5-7-11-14-13/h5,7,9,11,18H,3-4,6,8,10,12H2,1-2H3. The van der Waals surface area contributed by atoms with E-state index >= 15 is 0 Å². The van der Waals surface area contributed by atoms with Gasteiger partial charge in [0.15, 0.2) is 0 Å². The van der Waals surface area contributed by atoms with Gasteiger partial charge in [-0.05, 0) is 45.2 Å². The molecule has 0 N–H and O–H groups in total. The molecule has 1 aromatic rings. The van der Waals surface area contributed by atoms with E-state index in [4.69, 9.17) is 13.3 Å². The van der Waals surface area contributed by atoms with E-state index in [9.17, 15) is 0 Å². The number of pyridine rings is 1. The molecular weight excluding hydrogens is 246 g/mol. The van der Waals surface area contributed by atoms with Gasteiger partial charge in [-0.25, -0.2) is 0 Å². The zero-order valence-electron chi connectivity index (χ0n) is 11.3. The molecule has 0 unspecified atom stereocenters. The summed E-state index contributed by atoms with van der Waals surface area (Å²) in [4.78, 5) is 4.29. The van der Waals surface area contributed by atoms with Crippen LogP contribution in [0, 0.1) is 0 Å². The number of nitrogens with zero attached hydrogens (tertiary/aromatic N) is 1. The van der Waals surface area contributed by atoms with Crippen LogP contribution < -0.4 is 0 Å². The van der Waals surface area contributed by atoms with Crippen molar-refractivity contribution in [2.45, 2.75) is 33.1 Å². The molecule has 1 aromatic heterocycles. The highest BCUT2D eigenvalue weighted by Gasteiger charge is 2.12. The summed E-state index contributed by atoms with van der Waals surface area (Å²) in [6.45, 7) is 5.95. The van der Waals surface area contributed by atoms with Gasteiger partial charge in [0.1, 0.15) is 0 Å². The minimum atomic E-state index is -1.87. The van der Waals surface area contributed by atoms with E-state index in [-0.39, 0.29) is 0 Å². The molecule has 5 heteroatoms. The van der Waals surface area contributed by atoms with Crippen molar-refractivity contribution in [3.05, 3.63) is 30.1 Å². The Bertz CT molecular complexity index is 292. The molecule has 0 radical (unpaired) electrons. The average molecular weight is 269 g/mol. The van der Waals surface area contributed by atoms with Crippen LogP contribution in [0.5, 0.6) is 0 Å². The molecule has 1 rings (SSSR count). The van der Waals surface area contributed by atoms with Crippen LogP contribution in [-0.4, -0.2) is 34.3 Å². The summed E-state index contributed by atoms with van der Waals surface area (Å²) in [5.41, 5.74) is 1.14. The quantitative estimate of drug-likeness (QED) is 0.482. The lowest BCUT2D eigenvalue weighted by atomic mass is 10.2. The monoisotopic (exact) mass is 269 g/mol. The van der Waals surface area contributed by atoms with Crippen molar-refractivity contribution in [1.82, 2.24) is 4.98 Å². The minimum absolute atomic E-state index is 0.658. The Morgan fingerprint density at radius 3 is 2.44 bits per heavy atom. The Morgan fingerprint density at radius 2 is 1.83 bits per heavy atom. The molecule has 0 aliphatic carbocycles. The first kappa shape index (κ1) is 15.3. The smallest absolute Gasteiger partial charge is 0.376 e. The largest absolute Gasteiger partial charge is 0.484 e. The van der Waals surface area contributed by atoms with Gasteiger partial charge < -0.3 is 13.3 Å². The first-order valence-corrected chi connectivity index (χ1v) is 8.03. The highest BCUT2D eigenvalue weighted by molar-refractivity contribution is 6.36. The fourth-order valence-electron chi connectivity index (χ4n) is 1.55. The average Bonchev–Trinajstić information content (AvgIpc) is 2.40. The lowest BCUT2D eigenvalue weighted by Gasteiger charge is -2.14. The zero-order chi connectivity index (χ0) is 13.1. The molecule has 0 aliphatic rings. The number of aryl methyl sites for hydroxylation is 1. The summed E-state index contributed by atoms with van der Waals surface area (Å²) in [7, 11) is -1.87. The van der Waals surface area contributed by atoms with Gasteiger partial charge in [0.25, 0.3) is 0 Å². The molecule has 0 bridgehead atoms. The fraction of sp³-hybridized carbons (Fsp3) is 0.615. The van der Waals surface area contributed by atoms with Crippen molar-refractivity contribution < 1.29 is 13.3 Å². The van der Waals surface area contributed by atoms with Crippen molar-refractivity contribution in [2.75, 3.05) is 19.8 Å². The van der Waals surface area contributed by atoms with Gasteiger partial charge in [-0.3, -0.25) is 4.98 Å². The Kier molecular flexibility index (Phi) is 8.67. The van der Waals surface area contributed by atoms with Crippen LogP contribution >= 0.6 is 0 Å². The van der Waals surface area contributed by atoms with E-state index in [1.807, 2.05) is 32.2 Å². The van der Waals surface area contributed by atoms with Crippen LogP contribution in [0.1, 0.15) is 32.4 Å². The molecule has 0 saturated heterocycles. The Morgan fingerprint density at radius 1 is 1.06 bits per heavy atom. The summed E-state index contributed by atoms with van der Waals surface area (Å²) in [6, 6.07) is 6.01. The van der Waals surface area contributed by atoms with Crippen LogP contribution in [0.4, 0.5) is 0 Å². The molecule has 102 valence electrons. The number of unbranched alkanes of at least 4 members (excludes halogenated alkanes) is 1. The van der Waals surface area contributed by atoms with E-state index in [1.54, 1.807) is 0 Å². The van der Waals surface area contributed by atoms with Crippen molar-refractivity contribution in [3.8, 4) is 0 Å². The highest BCUT2D eigenvalue weighted by atomic mass is 28.3. The van der Waals surface area contributed by atoms with Gasteiger partial charge in [0.2, 0.25) is 0 Å². The maximum atomic E-state index is 5.63. The Labute approximate surface area is 111 Å². The number of aromatic nitrogens is 1. The summed E-state index contributed by atoms with van der Waals surface area (Å²) in [5.74, 6) is 0. The molecular formula is C13H23NO3Si. The molecule has 0 saturated carbocycles. The summed E-state index contributed by atoms with van der Waals surface area (Å²) in [6.07, 6.45) is 4.93. The van der Waals surface area contributed by atoms with Crippen molar-refractivity contribution in [1.29, 1.82) is 0 Å². The molecule has 4 nitrogen and oxygen atoms in total. The van der Waals surface area contributed by atoms with Crippen molar-refractivity contribution >= 4 is 9.53 Å². The van der Waals surface area contributed by atoms with Gasteiger partial charge >= 0.3 is 9.53 Å². The molecule has 1 heterocycles. The van der Waals surface area contributed by atoms with E-state index in [2.05, 4.69) is 11.1 Å². The van der Waals surface area contributed by atoms with E-state index < -0.39 is 9.53 Å².